The van der Waals surface area contributed by atoms with E-state index in [9.17, 15) is 4.79 Å². The molecular weight excluding hydrogens is 348 g/mol. The highest BCUT2D eigenvalue weighted by molar-refractivity contribution is 5.85. The summed E-state index contributed by atoms with van der Waals surface area (Å²) in [5.74, 6) is 1.25. The third-order valence-electron chi connectivity index (χ3n) is 4.69. The Labute approximate surface area is 161 Å². The molecule has 0 saturated carbocycles. The van der Waals surface area contributed by atoms with Gasteiger partial charge in [-0.25, -0.2) is 0 Å². The molecule has 140 valence electrons. The molecule has 4 nitrogen and oxygen atoms in total. The molecule has 0 aromatic heterocycles. The quantitative estimate of drug-likeness (QED) is 0.778. The Hall–Kier alpha value is -2.04. The Morgan fingerprint density at radius 1 is 1.19 bits per heavy atom. The molecule has 1 unspecified atom stereocenters. The molecule has 0 aliphatic carbocycles. The van der Waals surface area contributed by atoms with Crippen LogP contribution in [0.5, 0.6) is 5.75 Å². The molecule has 26 heavy (non-hydrogen) atoms. The first-order valence-corrected chi connectivity index (χ1v) is 8.85. The molecule has 2 N–H and O–H groups in total. The summed E-state index contributed by atoms with van der Waals surface area (Å²) in [5.41, 5.74) is 5.02. The fourth-order valence-electron chi connectivity index (χ4n) is 3.37. The molecule has 0 spiro atoms. The van der Waals surface area contributed by atoms with Crippen LogP contribution in [0, 0.1) is 5.92 Å². The van der Waals surface area contributed by atoms with Gasteiger partial charge in [-0.15, -0.1) is 12.4 Å². The number of ether oxygens (including phenoxy) is 1. The van der Waals surface area contributed by atoms with Crippen LogP contribution >= 0.6 is 12.4 Å². The standard InChI is InChI=1S/C21H26N2O2.ClH/c1-15(9-17-5-3-4-6-20(17)25-2)10-21(24)23-12-16-7-8-18-13-22-14-19(18)11-16;/h3-8,11,15,22H,9-10,12-14H2,1-2H3,(H,23,24);1H. The van der Waals surface area contributed by atoms with Crippen molar-refractivity contribution in [1.82, 2.24) is 10.6 Å². The Morgan fingerprint density at radius 3 is 2.77 bits per heavy atom. The van der Waals surface area contributed by atoms with Crippen molar-refractivity contribution in [3.8, 4) is 5.75 Å². The van der Waals surface area contributed by atoms with E-state index in [1.54, 1.807) is 7.11 Å². The molecule has 0 saturated heterocycles. The van der Waals surface area contributed by atoms with Crippen molar-refractivity contribution in [2.45, 2.75) is 39.4 Å². The molecule has 2 aromatic carbocycles. The monoisotopic (exact) mass is 374 g/mol. The summed E-state index contributed by atoms with van der Waals surface area (Å²) in [6.07, 6.45) is 1.35. The van der Waals surface area contributed by atoms with Crippen LogP contribution < -0.4 is 15.4 Å². The number of para-hydroxylation sites is 1. The highest BCUT2D eigenvalue weighted by atomic mass is 35.5. The fourth-order valence-corrected chi connectivity index (χ4v) is 3.37. The smallest absolute Gasteiger partial charge is 0.220 e. The van der Waals surface area contributed by atoms with Crippen LogP contribution in [0.15, 0.2) is 42.5 Å². The second-order valence-corrected chi connectivity index (χ2v) is 6.81. The zero-order valence-electron chi connectivity index (χ0n) is 15.4. The molecule has 1 atom stereocenters. The largest absolute Gasteiger partial charge is 0.496 e. The summed E-state index contributed by atoms with van der Waals surface area (Å²) in [6, 6.07) is 14.4. The minimum atomic E-state index is 0. The van der Waals surface area contributed by atoms with E-state index < -0.39 is 0 Å². The lowest BCUT2D eigenvalue weighted by molar-refractivity contribution is -0.122. The molecule has 1 amide bonds. The first-order chi connectivity index (χ1) is 12.2. The van der Waals surface area contributed by atoms with Gasteiger partial charge in [0.25, 0.3) is 0 Å². The lowest BCUT2D eigenvalue weighted by Crippen LogP contribution is -2.25. The summed E-state index contributed by atoms with van der Waals surface area (Å²) in [6.45, 7) is 4.57. The number of rotatable bonds is 7. The number of hydrogen-bond donors (Lipinski definition) is 2. The summed E-state index contributed by atoms with van der Waals surface area (Å²) in [5, 5.41) is 6.39. The van der Waals surface area contributed by atoms with Gasteiger partial charge in [-0.05, 0) is 40.7 Å². The molecule has 0 bridgehead atoms. The topological polar surface area (TPSA) is 50.4 Å². The Morgan fingerprint density at radius 2 is 1.96 bits per heavy atom. The fraction of sp³-hybridized carbons (Fsp3) is 0.381. The Kier molecular flexibility index (Phi) is 7.49. The van der Waals surface area contributed by atoms with Crippen LogP contribution in [0.3, 0.4) is 0 Å². The molecule has 3 rings (SSSR count). The van der Waals surface area contributed by atoms with Crippen LogP contribution in [0.25, 0.3) is 0 Å². The van der Waals surface area contributed by atoms with Gasteiger partial charge in [-0.1, -0.05) is 43.3 Å². The number of amides is 1. The number of benzene rings is 2. The van der Waals surface area contributed by atoms with Crippen molar-refractivity contribution in [2.75, 3.05) is 7.11 Å². The predicted molar refractivity (Wildman–Crippen MR) is 107 cm³/mol. The highest BCUT2D eigenvalue weighted by Crippen LogP contribution is 2.22. The van der Waals surface area contributed by atoms with Crippen molar-refractivity contribution in [3.05, 3.63) is 64.7 Å². The van der Waals surface area contributed by atoms with Gasteiger partial charge in [0.2, 0.25) is 5.91 Å². The van der Waals surface area contributed by atoms with Crippen molar-refractivity contribution in [2.24, 2.45) is 5.92 Å². The van der Waals surface area contributed by atoms with E-state index >= 15 is 0 Å². The van der Waals surface area contributed by atoms with Gasteiger partial charge >= 0.3 is 0 Å². The van der Waals surface area contributed by atoms with Gasteiger partial charge in [-0.3, -0.25) is 4.79 Å². The maximum atomic E-state index is 12.3. The predicted octanol–water partition coefficient (Wildman–Crippen LogP) is 3.61. The molecule has 2 aromatic rings. The lowest BCUT2D eigenvalue weighted by Gasteiger charge is -2.14. The van der Waals surface area contributed by atoms with Gasteiger partial charge in [0.1, 0.15) is 5.75 Å². The minimum Gasteiger partial charge on any atom is -0.496 e. The van der Waals surface area contributed by atoms with Gasteiger partial charge in [0.15, 0.2) is 0 Å². The number of methoxy groups -OCH3 is 1. The van der Waals surface area contributed by atoms with Gasteiger partial charge in [-0.2, -0.15) is 0 Å². The first kappa shape index (κ1) is 20.3. The molecule has 1 heterocycles. The Bertz CT molecular complexity index is 749. The number of nitrogens with one attached hydrogen (secondary N) is 2. The third kappa shape index (κ3) is 5.23. The molecule has 0 fully saturated rings. The van der Waals surface area contributed by atoms with Crippen LogP contribution in [0.2, 0.25) is 0 Å². The SMILES string of the molecule is COc1ccccc1CC(C)CC(=O)NCc1ccc2c(c1)CNC2.Cl. The van der Waals surface area contributed by atoms with Crippen LogP contribution in [0.1, 0.15) is 35.6 Å². The van der Waals surface area contributed by atoms with E-state index in [2.05, 4.69) is 41.8 Å². The average Bonchev–Trinajstić information content (AvgIpc) is 3.08. The molecule has 1 aliphatic heterocycles. The van der Waals surface area contributed by atoms with Gasteiger partial charge in [0.05, 0.1) is 7.11 Å². The molecule has 1 aliphatic rings. The maximum absolute atomic E-state index is 12.3. The number of carbonyl (C=O) groups excluding carboxylic acids is 1. The summed E-state index contributed by atoms with van der Waals surface area (Å²) >= 11 is 0. The third-order valence-corrected chi connectivity index (χ3v) is 4.69. The number of hydrogen-bond acceptors (Lipinski definition) is 3. The van der Waals surface area contributed by atoms with E-state index in [-0.39, 0.29) is 24.2 Å². The van der Waals surface area contributed by atoms with Gasteiger partial charge in [0, 0.05) is 26.1 Å². The van der Waals surface area contributed by atoms with E-state index in [0.717, 1.165) is 36.4 Å². The van der Waals surface area contributed by atoms with Crippen LogP contribution in [-0.4, -0.2) is 13.0 Å². The second kappa shape index (κ2) is 9.60. The zero-order valence-corrected chi connectivity index (χ0v) is 16.2. The van der Waals surface area contributed by atoms with Crippen LogP contribution in [-0.2, 0) is 30.8 Å². The maximum Gasteiger partial charge on any atom is 0.220 e. The Balaban J connectivity index is 0.00000243. The minimum absolute atomic E-state index is 0. The number of carbonyl (C=O) groups is 1. The number of halogens is 1. The van der Waals surface area contributed by atoms with Crippen molar-refractivity contribution < 1.29 is 9.53 Å². The van der Waals surface area contributed by atoms with Crippen molar-refractivity contribution in [1.29, 1.82) is 0 Å². The zero-order chi connectivity index (χ0) is 17.6. The summed E-state index contributed by atoms with van der Waals surface area (Å²) in [4.78, 5) is 12.3. The molecule has 0 radical (unpaired) electrons. The molecular formula is C21H27ClN2O2. The van der Waals surface area contributed by atoms with Crippen LogP contribution in [0.4, 0.5) is 0 Å². The average molecular weight is 375 g/mol. The number of fused-ring (bicyclic) bond motifs is 1. The normalized spacial score (nSPS) is 13.5. The summed E-state index contributed by atoms with van der Waals surface area (Å²) in [7, 11) is 1.68. The second-order valence-electron chi connectivity index (χ2n) is 6.81. The van der Waals surface area contributed by atoms with E-state index in [1.807, 2.05) is 18.2 Å². The van der Waals surface area contributed by atoms with E-state index in [1.165, 1.54) is 11.1 Å². The van der Waals surface area contributed by atoms with E-state index in [4.69, 9.17) is 4.74 Å². The highest BCUT2D eigenvalue weighted by Gasteiger charge is 2.13. The lowest BCUT2D eigenvalue weighted by atomic mass is 9.97. The van der Waals surface area contributed by atoms with E-state index in [0.29, 0.717) is 13.0 Å². The van der Waals surface area contributed by atoms with Crippen molar-refractivity contribution in [3.63, 3.8) is 0 Å². The molecule has 5 heteroatoms. The summed E-state index contributed by atoms with van der Waals surface area (Å²) < 4.78 is 5.39. The van der Waals surface area contributed by atoms with Gasteiger partial charge < -0.3 is 15.4 Å². The first-order valence-electron chi connectivity index (χ1n) is 8.85. The van der Waals surface area contributed by atoms with Crippen molar-refractivity contribution >= 4 is 18.3 Å².